The van der Waals surface area contributed by atoms with Gasteiger partial charge in [0.25, 0.3) is 0 Å². The fourth-order valence-corrected chi connectivity index (χ4v) is 1.11. The van der Waals surface area contributed by atoms with Crippen LogP contribution in [0.25, 0.3) is 0 Å². The van der Waals surface area contributed by atoms with Crippen LogP contribution in [0.15, 0.2) is 6.20 Å². The minimum absolute atomic E-state index is 0.295. The van der Waals surface area contributed by atoms with E-state index in [0.29, 0.717) is 5.75 Å². The van der Waals surface area contributed by atoms with Crippen molar-refractivity contribution in [1.29, 1.82) is 0 Å². The SMILES string of the molecule is CC(=O)Oc1c(C)cnc(C)c1C. The fourth-order valence-electron chi connectivity index (χ4n) is 1.11. The van der Waals surface area contributed by atoms with Gasteiger partial charge in [-0.1, -0.05) is 0 Å². The second-order valence-corrected chi connectivity index (χ2v) is 3.07. The molecule has 0 aliphatic heterocycles. The molecule has 0 fully saturated rings. The van der Waals surface area contributed by atoms with E-state index in [1.54, 1.807) is 6.20 Å². The van der Waals surface area contributed by atoms with E-state index in [2.05, 4.69) is 4.98 Å². The molecule has 13 heavy (non-hydrogen) atoms. The van der Waals surface area contributed by atoms with Crippen molar-refractivity contribution < 1.29 is 9.53 Å². The molecule has 0 atom stereocenters. The minimum atomic E-state index is -0.295. The number of aromatic nitrogens is 1. The van der Waals surface area contributed by atoms with Gasteiger partial charge < -0.3 is 4.74 Å². The van der Waals surface area contributed by atoms with Gasteiger partial charge in [-0.25, -0.2) is 0 Å². The van der Waals surface area contributed by atoms with Crippen molar-refractivity contribution in [2.75, 3.05) is 0 Å². The number of carbonyl (C=O) groups excluding carboxylic acids is 1. The summed E-state index contributed by atoms with van der Waals surface area (Å²) in [6.45, 7) is 7.06. The average molecular weight is 179 g/mol. The van der Waals surface area contributed by atoms with Crippen LogP contribution in [0.3, 0.4) is 0 Å². The molecular formula is C10H13NO2. The predicted octanol–water partition coefficient (Wildman–Crippen LogP) is 1.93. The first kappa shape index (κ1) is 9.71. The van der Waals surface area contributed by atoms with E-state index >= 15 is 0 Å². The Morgan fingerprint density at radius 3 is 2.54 bits per heavy atom. The van der Waals surface area contributed by atoms with Crippen LogP contribution in [-0.4, -0.2) is 11.0 Å². The number of carbonyl (C=O) groups is 1. The third-order valence-corrected chi connectivity index (χ3v) is 1.94. The van der Waals surface area contributed by atoms with Crippen molar-refractivity contribution in [2.24, 2.45) is 0 Å². The van der Waals surface area contributed by atoms with Gasteiger partial charge in [-0.05, 0) is 20.8 Å². The Bertz CT molecular complexity index is 345. The summed E-state index contributed by atoms with van der Waals surface area (Å²) in [5.74, 6) is 0.344. The van der Waals surface area contributed by atoms with Crippen molar-refractivity contribution in [3.05, 3.63) is 23.0 Å². The molecule has 0 saturated carbocycles. The van der Waals surface area contributed by atoms with Crippen LogP contribution in [0.4, 0.5) is 0 Å². The fraction of sp³-hybridized carbons (Fsp3) is 0.400. The minimum Gasteiger partial charge on any atom is -0.426 e. The molecule has 1 heterocycles. The summed E-state index contributed by atoms with van der Waals surface area (Å²) in [4.78, 5) is 14.9. The monoisotopic (exact) mass is 179 g/mol. The molecule has 3 heteroatoms. The predicted molar refractivity (Wildman–Crippen MR) is 49.8 cm³/mol. The summed E-state index contributed by atoms with van der Waals surface area (Å²) in [7, 11) is 0. The highest BCUT2D eigenvalue weighted by Crippen LogP contribution is 2.23. The lowest BCUT2D eigenvalue weighted by atomic mass is 10.1. The third-order valence-electron chi connectivity index (χ3n) is 1.94. The summed E-state index contributed by atoms with van der Waals surface area (Å²) in [5.41, 5.74) is 2.70. The first-order valence-corrected chi connectivity index (χ1v) is 4.13. The number of hydrogen-bond acceptors (Lipinski definition) is 3. The van der Waals surface area contributed by atoms with Gasteiger partial charge in [-0.15, -0.1) is 0 Å². The maximum Gasteiger partial charge on any atom is 0.308 e. The van der Waals surface area contributed by atoms with Gasteiger partial charge in [-0.2, -0.15) is 0 Å². The van der Waals surface area contributed by atoms with E-state index in [1.165, 1.54) is 6.92 Å². The summed E-state index contributed by atoms with van der Waals surface area (Å²) in [6.07, 6.45) is 1.71. The van der Waals surface area contributed by atoms with E-state index in [-0.39, 0.29) is 5.97 Å². The quantitative estimate of drug-likeness (QED) is 0.618. The van der Waals surface area contributed by atoms with Gasteiger partial charge in [0.15, 0.2) is 0 Å². The van der Waals surface area contributed by atoms with Crippen molar-refractivity contribution in [3.8, 4) is 5.75 Å². The van der Waals surface area contributed by atoms with E-state index < -0.39 is 0 Å². The molecule has 0 aliphatic carbocycles. The molecule has 0 radical (unpaired) electrons. The smallest absolute Gasteiger partial charge is 0.308 e. The molecule has 1 rings (SSSR count). The second kappa shape index (κ2) is 3.56. The van der Waals surface area contributed by atoms with Gasteiger partial charge in [0, 0.05) is 29.9 Å². The van der Waals surface area contributed by atoms with E-state index in [1.807, 2.05) is 20.8 Å². The Morgan fingerprint density at radius 1 is 1.38 bits per heavy atom. The first-order valence-electron chi connectivity index (χ1n) is 4.13. The normalized spacial score (nSPS) is 9.85. The zero-order valence-corrected chi connectivity index (χ0v) is 8.34. The highest BCUT2D eigenvalue weighted by atomic mass is 16.5. The standard InChI is InChI=1S/C10H13NO2/c1-6-5-11-8(3)7(2)10(6)13-9(4)12/h5H,1-4H3. The molecular weight excluding hydrogens is 166 g/mol. The summed E-state index contributed by atoms with van der Waals surface area (Å²) < 4.78 is 5.08. The lowest BCUT2D eigenvalue weighted by Gasteiger charge is -2.09. The average Bonchev–Trinajstić information content (AvgIpc) is 2.05. The number of esters is 1. The molecule has 0 saturated heterocycles. The highest BCUT2D eigenvalue weighted by molar-refractivity contribution is 5.70. The Balaban J connectivity index is 3.17. The van der Waals surface area contributed by atoms with Crippen molar-refractivity contribution in [1.82, 2.24) is 4.98 Å². The van der Waals surface area contributed by atoms with Crippen LogP contribution in [0.2, 0.25) is 0 Å². The molecule has 0 bridgehead atoms. The first-order chi connectivity index (χ1) is 6.02. The number of aryl methyl sites for hydroxylation is 2. The van der Waals surface area contributed by atoms with Crippen LogP contribution >= 0.6 is 0 Å². The molecule has 0 amide bonds. The van der Waals surface area contributed by atoms with Crippen LogP contribution in [0.5, 0.6) is 5.75 Å². The van der Waals surface area contributed by atoms with E-state index in [9.17, 15) is 4.79 Å². The Hall–Kier alpha value is -1.38. The van der Waals surface area contributed by atoms with Crippen molar-refractivity contribution >= 4 is 5.97 Å². The van der Waals surface area contributed by atoms with E-state index in [4.69, 9.17) is 4.74 Å². The Kier molecular flexibility index (Phi) is 2.66. The molecule has 0 aliphatic rings. The number of hydrogen-bond donors (Lipinski definition) is 0. The topological polar surface area (TPSA) is 39.2 Å². The largest absolute Gasteiger partial charge is 0.426 e. The molecule has 1 aromatic heterocycles. The number of nitrogens with zero attached hydrogens (tertiary/aromatic N) is 1. The van der Waals surface area contributed by atoms with Gasteiger partial charge >= 0.3 is 5.97 Å². The van der Waals surface area contributed by atoms with Crippen LogP contribution in [-0.2, 0) is 4.79 Å². The maximum absolute atomic E-state index is 10.8. The zero-order chi connectivity index (χ0) is 10.0. The van der Waals surface area contributed by atoms with Gasteiger partial charge in [0.2, 0.25) is 0 Å². The Morgan fingerprint density at radius 2 is 2.00 bits per heavy atom. The summed E-state index contributed by atoms with van der Waals surface area (Å²) in [6, 6.07) is 0. The van der Waals surface area contributed by atoms with Crippen molar-refractivity contribution in [2.45, 2.75) is 27.7 Å². The molecule has 0 spiro atoms. The van der Waals surface area contributed by atoms with Gasteiger partial charge in [-0.3, -0.25) is 9.78 Å². The molecule has 3 nitrogen and oxygen atoms in total. The highest BCUT2D eigenvalue weighted by Gasteiger charge is 2.08. The van der Waals surface area contributed by atoms with Crippen LogP contribution < -0.4 is 4.74 Å². The zero-order valence-electron chi connectivity index (χ0n) is 8.34. The number of pyridine rings is 1. The maximum atomic E-state index is 10.8. The molecule has 0 aromatic carbocycles. The number of rotatable bonds is 1. The Labute approximate surface area is 77.8 Å². The van der Waals surface area contributed by atoms with Crippen LogP contribution in [0.1, 0.15) is 23.7 Å². The van der Waals surface area contributed by atoms with Crippen molar-refractivity contribution in [3.63, 3.8) is 0 Å². The van der Waals surface area contributed by atoms with Crippen LogP contribution in [0, 0.1) is 20.8 Å². The molecule has 0 unspecified atom stereocenters. The lowest BCUT2D eigenvalue weighted by Crippen LogP contribution is -2.05. The number of ether oxygens (including phenoxy) is 1. The molecule has 70 valence electrons. The second-order valence-electron chi connectivity index (χ2n) is 3.07. The third kappa shape index (κ3) is 2.05. The molecule has 0 N–H and O–H groups in total. The summed E-state index contributed by atoms with van der Waals surface area (Å²) in [5, 5.41) is 0. The lowest BCUT2D eigenvalue weighted by molar-refractivity contribution is -0.131. The van der Waals surface area contributed by atoms with E-state index in [0.717, 1.165) is 16.8 Å². The van der Waals surface area contributed by atoms with Gasteiger partial charge in [0.1, 0.15) is 5.75 Å². The van der Waals surface area contributed by atoms with Gasteiger partial charge in [0.05, 0.1) is 0 Å². The summed E-state index contributed by atoms with van der Waals surface area (Å²) >= 11 is 0. The molecule has 1 aromatic rings.